The normalized spacial score (nSPS) is 11.6. The van der Waals surface area contributed by atoms with Gasteiger partial charge in [0.05, 0.1) is 18.6 Å². The van der Waals surface area contributed by atoms with Gasteiger partial charge < -0.3 is 4.74 Å². The van der Waals surface area contributed by atoms with E-state index in [1.807, 2.05) is 32.0 Å². The third-order valence-electron chi connectivity index (χ3n) is 5.09. The van der Waals surface area contributed by atoms with Crippen LogP contribution in [0.25, 0.3) is 10.8 Å². The van der Waals surface area contributed by atoms with E-state index >= 15 is 0 Å². The van der Waals surface area contributed by atoms with Gasteiger partial charge in [-0.05, 0) is 66.3 Å². The molecule has 0 aliphatic heterocycles. The van der Waals surface area contributed by atoms with Crippen LogP contribution in [0.2, 0.25) is 5.15 Å². The van der Waals surface area contributed by atoms with Crippen molar-refractivity contribution in [1.82, 2.24) is 9.97 Å². The van der Waals surface area contributed by atoms with Gasteiger partial charge in [-0.15, -0.1) is 11.3 Å². The van der Waals surface area contributed by atoms with Crippen LogP contribution in [0.3, 0.4) is 0 Å². The molecule has 0 aliphatic carbocycles. The summed E-state index contributed by atoms with van der Waals surface area (Å²) in [6.45, 7) is 3.96. The number of ether oxygens (including phenoxy) is 1. The van der Waals surface area contributed by atoms with Crippen LogP contribution in [0.15, 0.2) is 59.1 Å². The van der Waals surface area contributed by atoms with Crippen LogP contribution < -0.4 is 9.04 Å². The lowest BCUT2D eigenvalue weighted by atomic mass is 10.1. The summed E-state index contributed by atoms with van der Waals surface area (Å²) in [6.07, 6.45) is 3.24. The van der Waals surface area contributed by atoms with Gasteiger partial charge in [0, 0.05) is 23.2 Å². The number of aromatic nitrogens is 2. The Bertz CT molecular complexity index is 1360. The number of fused-ring (bicyclic) bond motifs is 1. The van der Waals surface area contributed by atoms with Crippen LogP contribution in [0.4, 0.5) is 5.13 Å². The van der Waals surface area contributed by atoms with Crippen LogP contribution in [0.5, 0.6) is 5.75 Å². The van der Waals surface area contributed by atoms with Gasteiger partial charge in [-0.2, -0.15) is 0 Å². The fourth-order valence-corrected chi connectivity index (χ4v) is 5.84. The summed E-state index contributed by atoms with van der Waals surface area (Å²) in [5.74, 6) is 0.723. The average Bonchev–Trinajstić information content (AvgIpc) is 3.29. The Hall–Kier alpha value is -2.68. The largest absolute Gasteiger partial charge is 0.497 e. The van der Waals surface area contributed by atoms with E-state index in [1.54, 1.807) is 43.1 Å². The topological polar surface area (TPSA) is 72.4 Å². The Morgan fingerprint density at radius 2 is 1.87 bits per heavy atom. The Balaban J connectivity index is 1.82. The number of sulfonamides is 1. The van der Waals surface area contributed by atoms with E-state index < -0.39 is 10.0 Å². The first-order valence-corrected chi connectivity index (χ1v) is 12.1. The minimum Gasteiger partial charge on any atom is -0.497 e. The lowest BCUT2D eigenvalue weighted by molar-refractivity contribution is 0.414. The van der Waals surface area contributed by atoms with E-state index in [1.165, 1.54) is 15.6 Å². The fourth-order valence-electron chi connectivity index (χ4n) is 3.33. The highest BCUT2D eigenvalue weighted by Crippen LogP contribution is 2.32. The third kappa shape index (κ3) is 4.11. The van der Waals surface area contributed by atoms with Crippen LogP contribution in [-0.2, 0) is 16.6 Å². The van der Waals surface area contributed by atoms with E-state index in [9.17, 15) is 8.42 Å². The van der Waals surface area contributed by atoms with Crippen molar-refractivity contribution in [3.8, 4) is 5.75 Å². The highest BCUT2D eigenvalue weighted by Gasteiger charge is 2.28. The Morgan fingerprint density at radius 1 is 1.06 bits per heavy atom. The van der Waals surface area contributed by atoms with Gasteiger partial charge in [-0.1, -0.05) is 17.7 Å². The van der Waals surface area contributed by atoms with Crippen molar-refractivity contribution in [1.29, 1.82) is 0 Å². The smallest absolute Gasteiger partial charge is 0.266 e. The fraction of sp³-hybridized carbons (Fsp3) is 0.182. The standard InChI is InChI=1S/C22H20ClN3O3S2/c1-14-10-17(29-3)5-4-16(14)13-26(22-24-8-9-30-22)31(27,28)18-6-7-19-20(11-18)15(2)12-25-21(19)23/h4-12H,13H2,1-3H3. The molecule has 6 nitrogen and oxygen atoms in total. The molecule has 31 heavy (non-hydrogen) atoms. The first kappa shape index (κ1) is 21.5. The molecule has 0 aliphatic rings. The van der Waals surface area contributed by atoms with Crippen molar-refractivity contribution < 1.29 is 13.2 Å². The van der Waals surface area contributed by atoms with Crippen LogP contribution in [0, 0.1) is 13.8 Å². The Kier molecular flexibility index (Phi) is 5.88. The zero-order valence-corrected chi connectivity index (χ0v) is 19.6. The molecule has 4 aromatic rings. The van der Waals surface area contributed by atoms with E-state index in [-0.39, 0.29) is 11.4 Å². The molecule has 160 valence electrons. The summed E-state index contributed by atoms with van der Waals surface area (Å²) in [6, 6.07) is 10.5. The van der Waals surface area contributed by atoms with Crippen molar-refractivity contribution in [3.05, 3.63) is 76.0 Å². The number of rotatable bonds is 6. The number of methoxy groups -OCH3 is 1. The maximum Gasteiger partial charge on any atom is 0.266 e. The highest BCUT2D eigenvalue weighted by molar-refractivity contribution is 7.93. The van der Waals surface area contributed by atoms with Gasteiger partial charge in [0.15, 0.2) is 5.13 Å². The molecule has 0 unspecified atom stereocenters. The molecule has 0 saturated carbocycles. The number of halogens is 1. The molecule has 0 N–H and O–H groups in total. The first-order valence-electron chi connectivity index (χ1n) is 9.42. The third-order valence-corrected chi connectivity index (χ3v) is 8.04. The monoisotopic (exact) mass is 473 g/mol. The number of anilines is 1. The Morgan fingerprint density at radius 3 is 2.55 bits per heavy atom. The van der Waals surface area contributed by atoms with E-state index in [2.05, 4.69) is 9.97 Å². The number of nitrogens with zero attached hydrogens (tertiary/aromatic N) is 3. The quantitative estimate of drug-likeness (QED) is 0.352. The van der Waals surface area contributed by atoms with Crippen molar-refractivity contribution >= 4 is 48.9 Å². The molecular formula is C22H20ClN3O3S2. The average molecular weight is 474 g/mol. The van der Waals surface area contributed by atoms with Crippen LogP contribution in [-0.4, -0.2) is 25.5 Å². The number of pyridine rings is 1. The number of thiazole rings is 1. The molecule has 0 radical (unpaired) electrons. The maximum atomic E-state index is 13.7. The molecule has 4 rings (SSSR count). The van der Waals surface area contributed by atoms with Crippen molar-refractivity contribution in [2.45, 2.75) is 25.3 Å². The van der Waals surface area contributed by atoms with Gasteiger partial charge in [-0.3, -0.25) is 0 Å². The molecule has 0 fully saturated rings. The molecule has 0 bridgehead atoms. The molecule has 0 spiro atoms. The number of hydrogen-bond acceptors (Lipinski definition) is 6. The summed E-state index contributed by atoms with van der Waals surface area (Å²) in [5, 5.41) is 3.97. The number of benzene rings is 2. The maximum absolute atomic E-state index is 13.7. The molecule has 0 saturated heterocycles. The molecule has 2 heterocycles. The highest BCUT2D eigenvalue weighted by atomic mass is 35.5. The SMILES string of the molecule is COc1ccc(CN(c2nccs2)S(=O)(=O)c2ccc3c(Cl)ncc(C)c3c2)c(C)c1. The zero-order valence-electron chi connectivity index (χ0n) is 17.2. The summed E-state index contributed by atoms with van der Waals surface area (Å²) in [5.41, 5.74) is 2.65. The lowest BCUT2D eigenvalue weighted by Crippen LogP contribution is -2.30. The van der Waals surface area contributed by atoms with E-state index in [4.69, 9.17) is 16.3 Å². The van der Waals surface area contributed by atoms with Crippen molar-refractivity contribution in [2.75, 3.05) is 11.4 Å². The molecule has 2 aromatic carbocycles. The lowest BCUT2D eigenvalue weighted by Gasteiger charge is -2.23. The second-order valence-corrected chi connectivity index (χ2v) is 10.2. The summed E-state index contributed by atoms with van der Waals surface area (Å²) < 4.78 is 34.1. The van der Waals surface area contributed by atoms with Crippen LogP contribution >= 0.6 is 22.9 Å². The zero-order chi connectivity index (χ0) is 22.2. The molecule has 0 amide bonds. The van der Waals surface area contributed by atoms with E-state index in [0.717, 1.165) is 27.8 Å². The molecular weight excluding hydrogens is 454 g/mol. The van der Waals surface area contributed by atoms with E-state index in [0.29, 0.717) is 15.7 Å². The summed E-state index contributed by atoms with van der Waals surface area (Å²) in [4.78, 5) is 8.59. The predicted octanol–water partition coefficient (Wildman–Crippen LogP) is 5.37. The second-order valence-electron chi connectivity index (χ2n) is 7.06. The van der Waals surface area contributed by atoms with Gasteiger partial charge in [-0.25, -0.2) is 22.7 Å². The van der Waals surface area contributed by atoms with Gasteiger partial charge in [0.25, 0.3) is 10.0 Å². The predicted molar refractivity (Wildman–Crippen MR) is 125 cm³/mol. The summed E-state index contributed by atoms with van der Waals surface area (Å²) >= 11 is 7.47. The van der Waals surface area contributed by atoms with Crippen molar-refractivity contribution in [2.24, 2.45) is 0 Å². The van der Waals surface area contributed by atoms with Crippen molar-refractivity contribution in [3.63, 3.8) is 0 Å². The minimum absolute atomic E-state index is 0.153. The second kappa shape index (κ2) is 8.45. The van der Waals surface area contributed by atoms with Gasteiger partial charge >= 0.3 is 0 Å². The Labute approximate surface area is 190 Å². The van der Waals surface area contributed by atoms with Crippen LogP contribution in [0.1, 0.15) is 16.7 Å². The summed E-state index contributed by atoms with van der Waals surface area (Å²) in [7, 11) is -2.29. The number of aryl methyl sites for hydroxylation is 2. The van der Waals surface area contributed by atoms with Gasteiger partial charge in [0.1, 0.15) is 10.9 Å². The van der Waals surface area contributed by atoms with Gasteiger partial charge in [0.2, 0.25) is 0 Å². The molecule has 0 atom stereocenters. The molecule has 2 aromatic heterocycles. The number of hydrogen-bond donors (Lipinski definition) is 0. The molecule has 9 heteroatoms. The minimum atomic E-state index is -3.89. The first-order chi connectivity index (χ1) is 14.8.